The van der Waals surface area contributed by atoms with Gasteiger partial charge >= 0.3 is 0 Å². The zero-order chi connectivity index (χ0) is 12.9. The minimum absolute atomic E-state index is 0.0397. The van der Waals surface area contributed by atoms with Crippen LogP contribution < -0.4 is 5.73 Å². The monoisotopic (exact) mass is 262 g/mol. The molecule has 18 heavy (non-hydrogen) atoms. The highest BCUT2D eigenvalue weighted by Gasteiger charge is 2.27. The van der Waals surface area contributed by atoms with Crippen LogP contribution >= 0.6 is 11.6 Å². The summed E-state index contributed by atoms with van der Waals surface area (Å²) in [5.74, 6) is -0.234. The van der Waals surface area contributed by atoms with Crippen LogP contribution in [0.5, 0.6) is 0 Å². The SMILES string of the molecule is Cn1c2c(c3cc(Cl)ccc31)CC(C(N)=O)CC2. The van der Waals surface area contributed by atoms with E-state index >= 15 is 0 Å². The van der Waals surface area contributed by atoms with Gasteiger partial charge in [0.15, 0.2) is 0 Å². The number of carbonyl (C=O) groups excluding carboxylic acids is 1. The molecule has 0 saturated carbocycles. The molecule has 94 valence electrons. The van der Waals surface area contributed by atoms with Gasteiger partial charge in [0.25, 0.3) is 0 Å². The lowest BCUT2D eigenvalue weighted by atomic mass is 9.86. The highest BCUT2D eigenvalue weighted by Crippen LogP contribution is 2.34. The van der Waals surface area contributed by atoms with Gasteiger partial charge in [0.2, 0.25) is 5.91 Å². The van der Waals surface area contributed by atoms with Gasteiger partial charge in [0.05, 0.1) is 0 Å². The summed E-state index contributed by atoms with van der Waals surface area (Å²) in [5, 5.41) is 1.89. The van der Waals surface area contributed by atoms with Crippen LogP contribution in [0.2, 0.25) is 5.02 Å². The summed E-state index contributed by atoms with van der Waals surface area (Å²) < 4.78 is 2.21. The zero-order valence-corrected chi connectivity index (χ0v) is 11.0. The molecule has 4 heteroatoms. The fourth-order valence-electron chi connectivity index (χ4n) is 2.99. The van der Waals surface area contributed by atoms with Gasteiger partial charge in [-0.05, 0) is 43.0 Å². The Bertz CT molecular complexity index is 645. The number of fused-ring (bicyclic) bond motifs is 3. The Hall–Kier alpha value is -1.48. The van der Waals surface area contributed by atoms with Gasteiger partial charge in [-0.1, -0.05) is 11.6 Å². The van der Waals surface area contributed by atoms with Crippen LogP contribution in [-0.4, -0.2) is 10.5 Å². The summed E-state index contributed by atoms with van der Waals surface area (Å²) in [4.78, 5) is 11.4. The van der Waals surface area contributed by atoms with Gasteiger partial charge in [-0.25, -0.2) is 0 Å². The molecule has 3 nitrogen and oxygen atoms in total. The van der Waals surface area contributed by atoms with Crippen molar-refractivity contribution in [2.45, 2.75) is 19.3 Å². The number of hydrogen-bond donors (Lipinski definition) is 1. The van der Waals surface area contributed by atoms with Gasteiger partial charge in [0.1, 0.15) is 0 Å². The fourth-order valence-corrected chi connectivity index (χ4v) is 3.17. The maximum Gasteiger partial charge on any atom is 0.220 e. The van der Waals surface area contributed by atoms with Crippen molar-refractivity contribution in [2.24, 2.45) is 18.7 Å². The van der Waals surface area contributed by atoms with Crippen molar-refractivity contribution in [3.63, 3.8) is 0 Å². The summed E-state index contributed by atoms with van der Waals surface area (Å²) in [6.45, 7) is 0. The molecule has 1 aliphatic carbocycles. The molecular weight excluding hydrogens is 248 g/mol. The first-order valence-corrected chi connectivity index (χ1v) is 6.50. The molecule has 1 unspecified atom stereocenters. The van der Waals surface area contributed by atoms with E-state index in [0.29, 0.717) is 0 Å². The Morgan fingerprint density at radius 3 is 3.00 bits per heavy atom. The number of primary amides is 1. The van der Waals surface area contributed by atoms with Crippen molar-refractivity contribution in [1.29, 1.82) is 0 Å². The number of carbonyl (C=O) groups is 1. The molecular formula is C14H15ClN2O. The molecule has 1 amide bonds. The maximum atomic E-state index is 11.4. The summed E-state index contributed by atoms with van der Waals surface area (Å²) >= 11 is 6.07. The Morgan fingerprint density at radius 1 is 1.50 bits per heavy atom. The summed E-state index contributed by atoms with van der Waals surface area (Å²) in [6, 6.07) is 5.93. The number of rotatable bonds is 1. The third-order valence-corrected chi connectivity index (χ3v) is 4.22. The average molecular weight is 263 g/mol. The standard InChI is InChI=1S/C14H15ClN2O/c1-17-12-4-2-8(14(16)18)6-10(12)11-7-9(15)3-5-13(11)17/h3,5,7-8H,2,4,6H2,1H3,(H2,16,18). The number of amides is 1. The molecule has 0 aliphatic heterocycles. The second-order valence-electron chi connectivity index (χ2n) is 4.99. The van der Waals surface area contributed by atoms with Crippen LogP contribution in [0.4, 0.5) is 0 Å². The van der Waals surface area contributed by atoms with Gasteiger partial charge in [-0.3, -0.25) is 4.79 Å². The zero-order valence-electron chi connectivity index (χ0n) is 10.2. The molecule has 1 aromatic carbocycles. The highest BCUT2D eigenvalue weighted by molar-refractivity contribution is 6.31. The molecule has 0 saturated heterocycles. The van der Waals surface area contributed by atoms with E-state index in [0.717, 1.165) is 29.7 Å². The second-order valence-corrected chi connectivity index (χ2v) is 5.42. The van der Waals surface area contributed by atoms with Crippen LogP contribution in [0.25, 0.3) is 10.9 Å². The molecule has 1 aromatic heterocycles. The molecule has 2 N–H and O–H groups in total. The molecule has 0 bridgehead atoms. The number of hydrogen-bond acceptors (Lipinski definition) is 1. The molecule has 1 heterocycles. The predicted molar refractivity (Wildman–Crippen MR) is 72.6 cm³/mol. The van der Waals surface area contributed by atoms with Gasteiger partial charge in [-0.2, -0.15) is 0 Å². The third-order valence-electron chi connectivity index (χ3n) is 3.98. The maximum absolute atomic E-state index is 11.4. The number of nitrogens with two attached hydrogens (primary N) is 1. The van der Waals surface area contributed by atoms with E-state index in [9.17, 15) is 4.79 Å². The molecule has 2 aromatic rings. The number of aryl methyl sites for hydroxylation is 1. The molecule has 0 radical (unpaired) electrons. The fraction of sp³-hybridized carbons (Fsp3) is 0.357. The molecule has 1 aliphatic rings. The van der Waals surface area contributed by atoms with Crippen molar-refractivity contribution in [3.05, 3.63) is 34.5 Å². The van der Waals surface area contributed by atoms with Gasteiger partial charge < -0.3 is 10.3 Å². The highest BCUT2D eigenvalue weighted by atomic mass is 35.5. The average Bonchev–Trinajstić information content (AvgIpc) is 2.62. The first kappa shape index (κ1) is 11.6. The van der Waals surface area contributed by atoms with Gasteiger partial charge in [0, 0.05) is 34.6 Å². The minimum Gasteiger partial charge on any atom is -0.369 e. The Balaban J connectivity index is 2.20. The number of nitrogens with zero attached hydrogens (tertiary/aromatic N) is 1. The Kier molecular flexibility index (Phi) is 2.59. The molecule has 3 rings (SSSR count). The van der Waals surface area contributed by atoms with E-state index in [4.69, 9.17) is 17.3 Å². The van der Waals surface area contributed by atoms with Crippen LogP contribution in [-0.2, 0) is 24.7 Å². The van der Waals surface area contributed by atoms with Crippen LogP contribution in [0.3, 0.4) is 0 Å². The van der Waals surface area contributed by atoms with Crippen molar-refractivity contribution in [2.75, 3.05) is 0 Å². The molecule has 1 atom stereocenters. The molecule has 0 fully saturated rings. The Morgan fingerprint density at radius 2 is 2.28 bits per heavy atom. The van der Waals surface area contributed by atoms with E-state index in [-0.39, 0.29) is 11.8 Å². The normalized spacial score (nSPS) is 18.9. The first-order valence-electron chi connectivity index (χ1n) is 6.13. The lowest BCUT2D eigenvalue weighted by Gasteiger charge is -2.20. The number of benzene rings is 1. The lowest BCUT2D eigenvalue weighted by Crippen LogP contribution is -2.28. The smallest absolute Gasteiger partial charge is 0.220 e. The lowest BCUT2D eigenvalue weighted by molar-refractivity contribution is -0.122. The van der Waals surface area contributed by atoms with Crippen molar-refractivity contribution >= 4 is 28.4 Å². The van der Waals surface area contributed by atoms with Crippen LogP contribution in [0.1, 0.15) is 17.7 Å². The van der Waals surface area contributed by atoms with E-state index < -0.39 is 0 Å². The summed E-state index contributed by atoms with van der Waals surface area (Å²) in [7, 11) is 2.07. The van der Waals surface area contributed by atoms with Crippen molar-refractivity contribution in [3.8, 4) is 0 Å². The van der Waals surface area contributed by atoms with E-state index in [1.54, 1.807) is 0 Å². The first-order chi connectivity index (χ1) is 8.58. The minimum atomic E-state index is -0.195. The summed E-state index contributed by atoms with van der Waals surface area (Å²) in [5.41, 5.74) is 9.16. The van der Waals surface area contributed by atoms with E-state index in [2.05, 4.69) is 11.6 Å². The third kappa shape index (κ3) is 1.62. The Labute approximate surface area is 111 Å². The number of halogens is 1. The predicted octanol–water partition coefficient (Wildman–Crippen LogP) is 2.42. The van der Waals surface area contributed by atoms with Gasteiger partial charge in [-0.15, -0.1) is 0 Å². The summed E-state index contributed by atoms with van der Waals surface area (Å²) in [6.07, 6.45) is 2.49. The van der Waals surface area contributed by atoms with Crippen molar-refractivity contribution < 1.29 is 4.79 Å². The molecule has 0 spiro atoms. The topological polar surface area (TPSA) is 48.0 Å². The number of aromatic nitrogens is 1. The van der Waals surface area contributed by atoms with E-state index in [1.807, 2.05) is 18.2 Å². The second kappa shape index (κ2) is 4.02. The van der Waals surface area contributed by atoms with Crippen LogP contribution in [0.15, 0.2) is 18.2 Å². The van der Waals surface area contributed by atoms with Crippen LogP contribution in [0, 0.1) is 5.92 Å². The van der Waals surface area contributed by atoms with E-state index in [1.165, 1.54) is 16.8 Å². The largest absolute Gasteiger partial charge is 0.369 e. The quantitative estimate of drug-likeness (QED) is 0.843. The van der Waals surface area contributed by atoms with Crippen molar-refractivity contribution in [1.82, 2.24) is 4.57 Å².